The Kier molecular flexibility index (Phi) is 3.04. The summed E-state index contributed by atoms with van der Waals surface area (Å²) in [7, 11) is 0. The fourth-order valence-corrected chi connectivity index (χ4v) is 0.435. The number of halogens is 2. The van der Waals surface area contributed by atoms with Gasteiger partial charge in [-0.15, -0.1) is 0 Å². The maximum atomic E-state index is 11.9. The van der Waals surface area contributed by atoms with Gasteiger partial charge >= 0.3 is 0 Å². The lowest BCUT2D eigenvalue weighted by Crippen LogP contribution is -2.33. The molecular formula is C6H12F2O. The van der Waals surface area contributed by atoms with E-state index < -0.39 is 12.0 Å². The first-order valence-electron chi connectivity index (χ1n) is 2.93. The van der Waals surface area contributed by atoms with Crippen LogP contribution in [0.5, 0.6) is 0 Å². The van der Waals surface area contributed by atoms with Gasteiger partial charge in [-0.05, 0) is 20.8 Å². The first-order valence-corrected chi connectivity index (χ1v) is 2.93. The van der Waals surface area contributed by atoms with Crippen LogP contribution in [0.15, 0.2) is 0 Å². The van der Waals surface area contributed by atoms with Gasteiger partial charge in [0.25, 0.3) is 6.43 Å². The van der Waals surface area contributed by atoms with Crippen LogP contribution < -0.4 is 0 Å². The highest BCUT2D eigenvalue weighted by molar-refractivity contribution is 4.70. The van der Waals surface area contributed by atoms with Crippen LogP contribution in [0.2, 0.25) is 0 Å². The van der Waals surface area contributed by atoms with Crippen LogP contribution >= 0.6 is 0 Å². The minimum absolute atomic E-state index is 0.331. The van der Waals surface area contributed by atoms with Crippen LogP contribution in [0, 0.1) is 0 Å². The van der Waals surface area contributed by atoms with E-state index in [0.29, 0.717) is 6.61 Å². The Morgan fingerprint density at radius 3 is 2.00 bits per heavy atom. The Balaban J connectivity index is 3.70. The minimum Gasteiger partial charge on any atom is -0.370 e. The monoisotopic (exact) mass is 138 g/mol. The molecule has 0 N–H and O–H groups in total. The van der Waals surface area contributed by atoms with Crippen molar-refractivity contribution in [3.63, 3.8) is 0 Å². The van der Waals surface area contributed by atoms with Crippen molar-refractivity contribution < 1.29 is 13.5 Å². The van der Waals surface area contributed by atoms with E-state index in [2.05, 4.69) is 0 Å². The van der Waals surface area contributed by atoms with Gasteiger partial charge in [0.15, 0.2) is 0 Å². The molecule has 0 heterocycles. The quantitative estimate of drug-likeness (QED) is 0.580. The summed E-state index contributed by atoms with van der Waals surface area (Å²) in [6.45, 7) is 4.78. The molecule has 0 fully saturated rings. The fourth-order valence-electron chi connectivity index (χ4n) is 0.435. The summed E-state index contributed by atoms with van der Waals surface area (Å²) in [5.41, 5.74) is -1.28. The third-order valence-electron chi connectivity index (χ3n) is 1.04. The van der Waals surface area contributed by atoms with Crippen molar-refractivity contribution in [2.45, 2.75) is 32.8 Å². The van der Waals surface area contributed by atoms with Crippen LogP contribution in [0.3, 0.4) is 0 Å². The maximum Gasteiger partial charge on any atom is 0.266 e. The summed E-state index contributed by atoms with van der Waals surface area (Å²) in [6.07, 6.45) is -2.41. The molecule has 0 aromatic heterocycles. The molecule has 0 unspecified atom stereocenters. The van der Waals surface area contributed by atoms with Crippen molar-refractivity contribution in [1.82, 2.24) is 0 Å². The summed E-state index contributed by atoms with van der Waals surface area (Å²) in [5, 5.41) is 0. The van der Waals surface area contributed by atoms with Crippen molar-refractivity contribution >= 4 is 0 Å². The van der Waals surface area contributed by atoms with Gasteiger partial charge in [-0.1, -0.05) is 0 Å². The van der Waals surface area contributed by atoms with E-state index in [4.69, 9.17) is 4.74 Å². The van der Waals surface area contributed by atoms with Crippen LogP contribution in [-0.4, -0.2) is 18.6 Å². The molecule has 3 heteroatoms. The molecule has 0 aromatic rings. The molecule has 9 heavy (non-hydrogen) atoms. The zero-order valence-corrected chi connectivity index (χ0v) is 5.95. The number of rotatable bonds is 3. The first-order chi connectivity index (χ1) is 4.00. The second-order valence-corrected chi connectivity index (χ2v) is 2.34. The van der Waals surface area contributed by atoms with E-state index in [0.717, 1.165) is 0 Å². The lowest BCUT2D eigenvalue weighted by atomic mass is 10.1. The predicted molar refractivity (Wildman–Crippen MR) is 31.7 cm³/mol. The van der Waals surface area contributed by atoms with Crippen LogP contribution in [0.25, 0.3) is 0 Å². The molecule has 0 aliphatic rings. The normalized spacial score (nSPS) is 12.7. The van der Waals surface area contributed by atoms with Gasteiger partial charge < -0.3 is 4.74 Å². The molecule has 0 aromatic carbocycles. The molecule has 0 atom stereocenters. The van der Waals surface area contributed by atoms with Gasteiger partial charge in [0.05, 0.1) is 0 Å². The van der Waals surface area contributed by atoms with E-state index >= 15 is 0 Å². The van der Waals surface area contributed by atoms with E-state index in [1.54, 1.807) is 6.92 Å². The molecule has 0 bridgehead atoms. The summed E-state index contributed by atoms with van der Waals surface area (Å²) in [6, 6.07) is 0. The van der Waals surface area contributed by atoms with Crippen molar-refractivity contribution in [3.8, 4) is 0 Å². The molecule has 0 saturated heterocycles. The van der Waals surface area contributed by atoms with Crippen LogP contribution in [0.1, 0.15) is 20.8 Å². The molecule has 0 aliphatic carbocycles. The maximum absolute atomic E-state index is 11.9. The lowest BCUT2D eigenvalue weighted by Gasteiger charge is -2.22. The van der Waals surface area contributed by atoms with Crippen molar-refractivity contribution in [3.05, 3.63) is 0 Å². The average Bonchev–Trinajstić information content (AvgIpc) is 1.65. The van der Waals surface area contributed by atoms with Crippen LogP contribution in [-0.2, 0) is 4.74 Å². The highest BCUT2D eigenvalue weighted by Gasteiger charge is 2.29. The second-order valence-electron chi connectivity index (χ2n) is 2.34. The van der Waals surface area contributed by atoms with Gasteiger partial charge in [0.1, 0.15) is 5.60 Å². The van der Waals surface area contributed by atoms with E-state index in [-0.39, 0.29) is 0 Å². The highest BCUT2D eigenvalue weighted by Crippen LogP contribution is 2.18. The Bertz CT molecular complexity index is 81.1. The second kappa shape index (κ2) is 3.11. The lowest BCUT2D eigenvalue weighted by molar-refractivity contribution is -0.113. The van der Waals surface area contributed by atoms with Gasteiger partial charge in [-0.3, -0.25) is 0 Å². The highest BCUT2D eigenvalue weighted by atomic mass is 19.3. The van der Waals surface area contributed by atoms with Crippen molar-refractivity contribution in [2.24, 2.45) is 0 Å². The minimum atomic E-state index is -2.41. The smallest absolute Gasteiger partial charge is 0.266 e. The SMILES string of the molecule is CCOC(C)(C)C(F)F. The Morgan fingerprint density at radius 1 is 1.44 bits per heavy atom. The van der Waals surface area contributed by atoms with E-state index in [1.807, 2.05) is 0 Å². The largest absolute Gasteiger partial charge is 0.370 e. The molecule has 0 spiro atoms. The Hall–Kier alpha value is -0.180. The predicted octanol–water partition coefficient (Wildman–Crippen LogP) is 2.07. The van der Waals surface area contributed by atoms with E-state index in [1.165, 1.54) is 13.8 Å². The zero-order valence-electron chi connectivity index (χ0n) is 5.95. The number of ether oxygens (including phenoxy) is 1. The van der Waals surface area contributed by atoms with Gasteiger partial charge in [-0.25, -0.2) is 8.78 Å². The van der Waals surface area contributed by atoms with Crippen molar-refractivity contribution in [1.29, 1.82) is 0 Å². The third kappa shape index (κ3) is 2.75. The van der Waals surface area contributed by atoms with Gasteiger partial charge in [0.2, 0.25) is 0 Å². The first kappa shape index (κ1) is 8.82. The number of alkyl halides is 2. The zero-order chi connectivity index (χ0) is 7.49. The number of hydrogen-bond acceptors (Lipinski definition) is 1. The van der Waals surface area contributed by atoms with Crippen LogP contribution in [0.4, 0.5) is 8.78 Å². The topological polar surface area (TPSA) is 9.23 Å². The molecule has 0 aliphatic heterocycles. The van der Waals surface area contributed by atoms with Gasteiger partial charge in [0, 0.05) is 6.61 Å². The third-order valence-corrected chi connectivity index (χ3v) is 1.04. The average molecular weight is 138 g/mol. The Morgan fingerprint density at radius 2 is 1.89 bits per heavy atom. The summed E-state index contributed by atoms with van der Waals surface area (Å²) >= 11 is 0. The van der Waals surface area contributed by atoms with Crippen molar-refractivity contribution in [2.75, 3.05) is 6.61 Å². The summed E-state index contributed by atoms with van der Waals surface area (Å²) in [5.74, 6) is 0. The van der Waals surface area contributed by atoms with E-state index in [9.17, 15) is 8.78 Å². The molecule has 1 nitrogen and oxygen atoms in total. The summed E-state index contributed by atoms with van der Waals surface area (Å²) in [4.78, 5) is 0. The molecule has 0 amide bonds. The molecule has 0 radical (unpaired) electrons. The summed E-state index contributed by atoms with van der Waals surface area (Å²) < 4.78 is 28.5. The Labute approximate surface area is 54.0 Å². The van der Waals surface area contributed by atoms with Gasteiger partial charge in [-0.2, -0.15) is 0 Å². The fraction of sp³-hybridized carbons (Fsp3) is 1.00. The molecule has 56 valence electrons. The number of hydrogen-bond donors (Lipinski definition) is 0. The molecular weight excluding hydrogens is 126 g/mol. The standard InChI is InChI=1S/C6H12F2O/c1-4-9-6(2,3)5(7)8/h5H,4H2,1-3H3. The molecule has 0 saturated carbocycles. The molecule has 0 rings (SSSR count).